The average Bonchev–Trinajstić information content (AvgIpc) is 3.25. The molecule has 0 radical (unpaired) electrons. The molecule has 1 fully saturated rings. The Balaban J connectivity index is 1.66. The Morgan fingerprint density at radius 2 is 2.00 bits per heavy atom. The molecule has 2 aromatic rings. The van der Waals surface area contributed by atoms with Crippen LogP contribution in [0.4, 0.5) is 4.39 Å². The number of carbonyl (C=O) groups excluding carboxylic acids is 1. The molecular formula is C18H21FN2O2. The van der Waals surface area contributed by atoms with Crippen LogP contribution in [0.1, 0.15) is 48.3 Å². The van der Waals surface area contributed by atoms with Gasteiger partial charge in [-0.25, -0.2) is 4.39 Å². The Labute approximate surface area is 135 Å². The molecule has 1 atom stereocenters. The first kappa shape index (κ1) is 15.7. The first-order valence-corrected chi connectivity index (χ1v) is 7.89. The monoisotopic (exact) mass is 316 g/mol. The van der Waals surface area contributed by atoms with Crippen molar-refractivity contribution in [3.05, 3.63) is 52.7 Å². The highest BCUT2D eigenvalue weighted by Gasteiger charge is 2.44. The van der Waals surface area contributed by atoms with E-state index in [1.165, 1.54) is 12.1 Å². The highest BCUT2D eigenvalue weighted by molar-refractivity contribution is 5.83. The number of nitrogens with zero attached hydrogens (tertiary/aromatic N) is 1. The van der Waals surface area contributed by atoms with Crippen LogP contribution in [0.15, 0.2) is 28.8 Å². The number of nitrogens with one attached hydrogen (secondary N) is 1. The number of carbonyl (C=O) groups is 1. The van der Waals surface area contributed by atoms with Crippen molar-refractivity contribution in [3.63, 3.8) is 0 Å². The van der Waals surface area contributed by atoms with E-state index in [1.54, 1.807) is 0 Å². The molecular weight excluding hydrogens is 295 g/mol. The van der Waals surface area contributed by atoms with Gasteiger partial charge in [0, 0.05) is 17.5 Å². The maximum absolute atomic E-state index is 13.1. The smallest absolute Gasteiger partial charge is 0.227 e. The Morgan fingerprint density at radius 1 is 1.35 bits per heavy atom. The fourth-order valence-corrected chi connectivity index (χ4v) is 3.17. The summed E-state index contributed by atoms with van der Waals surface area (Å²) in [5.74, 6) is 0.114. The highest BCUT2D eigenvalue weighted by Crippen LogP contribution is 2.47. The third-order valence-electron chi connectivity index (χ3n) is 4.83. The molecule has 1 heterocycles. The van der Waals surface area contributed by atoms with E-state index in [2.05, 4.69) is 10.5 Å². The van der Waals surface area contributed by atoms with Crippen LogP contribution >= 0.6 is 0 Å². The molecule has 0 spiro atoms. The van der Waals surface area contributed by atoms with Crippen LogP contribution in [-0.2, 0) is 10.2 Å². The zero-order valence-electron chi connectivity index (χ0n) is 13.6. The first-order valence-electron chi connectivity index (χ1n) is 7.89. The largest absolute Gasteiger partial charge is 0.361 e. The number of rotatable bonds is 5. The van der Waals surface area contributed by atoms with E-state index in [0.29, 0.717) is 12.3 Å². The summed E-state index contributed by atoms with van der Waals surface area (Å²) in [6, 6.07) is 6.58. The molecule has 1 amide bonds. The van der Waals surface area contributed by atoms with Gasteiger partial charge in [-0.2, -0.15) is 0 Å². The summed E-state index contributed by atoms with van der Waals surface area (Å²) in [6.45, 7) is 6.10. The van der Waals surface area contributed by atoms with Gasteiger partial charge in [-0.05, 0) is 51.3 Å². The van der Waals surface area contributed by atoms with Crippen molar-refractivity contribution in [3.8, 4) is 0 Å². The summed E-state index contributed by atoms with van der Waals surface area (Å²) in [4.78, 5) is 12.5. The summed E-state index contributed by atoms with van der Waals surface area (Å²) in [6.07, 6.45) is 2.03. The van der Waals surface area contributed by atoms with Crippen LogP contribution in [0.2, 0.25) is 0 Å². The van der Waals surface area contributed by atoms with Gasteiger partial charge >= 0.3 is 0 Å². The lowest BCUT2D eigenvalue weighted by Gasteiger charge is -2.19. The molecule has 3 rings (SSSR count). The number of aromatic nitrogens is 1. The summed E-state index contributed by atoms with van der Waals surface area (Å²) in [5.41, 5.74) is 2.66. The van der Waals surface area contributed by atoms with E-state index in [4.69, 9.17) is 4.52 Å². The number of halogens is 1. The lowest BCUT2D eigenvalue weighted by Crippen LogP contribution is -2.35. The topological polar surface area (TPSA) is 55.1 Å². The van der Waals surface area contributed by atoms with Crippen molar-refractivity contribution >= 4 is 5.91 Å². The fraction of sp³-hybridized carbons (Fsp3) is 0.444. The Morgan fingerprint density at radius 3 is 2.52 bits per heavy atom. The summed E-state index contributed by atoms with van der Waals surface area (Å²) in [7, 11) is 0. The summed E-state index contributed by atoms with van der Waals surface area (Å²) >= 11 is 0. The van der Waals surface area contributed by atoms with Crippen LogP contribution < -0.4 is 5.32 Å². The summed E-state index contributed by atoms with van der Waals surface area (Å²) < 4.78 is 18.2. The molecule has 5 heteroatoms. The SMILES string of the molecule is Cc1noc(C)c1[C@H](C)C(=O)NCC1(c2ccc(F)cc2)CC1. The van der Waals surface area contributed by atoms with Crippen molar-refractivity contribution in [2.45, 2.75) is 44.9 Å². The molecule has 23 heavy (non-hydrogen) atoms. The number of benzene rings is 1. The maximum atomic E-state index is 13.1. The van der Waals surface area contributed by atoms with Crippen molar-refractivity contribution in [1.29, 1.82) is 0 Å². The van der Waals surface area contributed by atoms with Crippen LogP contribution in [0.25, 0.3) is 0 Å². The van der Waals surface area contributed by atoms with Crippen molar-refractivity contribution in [2.24, 2.45) is 0 Å². The highest BCUT2D eigenvalue weighted by atomic mass is 19.1. The predicted molar refractivity (Wildman–Crippen MR) is 84.7 cm³/mol. The molecule has 0 saturated heterocycles. The van der Waals surface area contributed by atoms with E-state index in [0.717, 1.165) is 29.7 Å². The second-order valence-corrected chi connectivity index (χ2v) is 6.46. The minimum Gasteiger partial charge on any atom is -0.361 e. The van der Waals surface area contributed by atoms with E-state index < -0.39 is 0 Å². The number of aryl methyl sites for hydroxylation is 2. The van der Waals surface area contributed by atoms with Gasteiger partial charge < -0.3 is 9.84 Å². The molecule has 0 unspecified atom stereocenters. The van der Waals surface area contributed by atoms with Gasteiger partial charge in [-0.15, -0.1) is 0 Å². The van der Waals surface area contributed by atoms with E-state index in [9.17, 15) is 9.18 Å². The standard InChI is InChI=1S/C18H21FN2O2/c1-11(16-12(2)21-23-13(16)3)17(22)20-10-18(8-9-18)14-4-6-15(19)7-5-14/h4-7,11H,8-10H2,1-3H3,(H,20,22)/t11-/m0/s1. The predicted octanol–water partition coefficient (Wildman–Crippen LogP) is 3.38. The number of hydrogen-bond donors (Lipinski definition) is 1. The molecule has 1 aliphatic rings. The lowest BCUT2D eigenvalue weighted by molar-refractivity contribution is -0.122. The third-order valence-corrected chi connectivity index (χ3v) is 4.83. The van der Waals surface area contributed by atoms with E-state index in [1.807, 2.05) is 32.9 Å². The van der Waals surface area contributed by atoms with Gasteiger partial charge in [0.2, 0.25) is 5.91 Å². The van der Waals surface area contributed by atoms with Crippen LogP contribution in [0.5, 0.6) is 0 Å². The third kappa shape index (κ3) is 3.00. The minimum absolute atomic E-state index is 0.0345. The molecule has 1 N–H and O–H groups in total. The van der Waals surface area contributed by atoms with Gasteiger partial charge in [-0.3, -0.25) is 4.79 Å². The second kappa shape index (κ2) is 5.80. The van der Waals surface area contributed by atoms with Crippen molar-refractivity contribution in [2.75, 3.05) is 6.54 Å². The quantitative estimate of drug-likeness (QED) is 0.920. The van der Waals surface area contributed by atoms with Crippen molar-refractivity contribution in [1.82, 2.24) is 10.5 Å². The van der Waals surface area contributed by atoms with Crippen molar-refractivity contribution < 1.29 is 13.7 Å². The second-order valence-electron chi connectivity index (χ2n) is 6.46. The molecule has 122 valence electrons. The van der Waals surface area contributed by atoms with Gasteiger partial charge in [0.1, 0.15) is 11.6 Å². The Bertz CT molecular complexity index is 698. The maximum Gasteiger partial charge on any atom is 0.227 e. The molecule has 0 aliphatic heterocycles. The molecule has 1 aromatic carbocycles. The van der Waals surface area contributed by atoms with Crippen LogP contribution in [-0.4, -0.2) is 17.6 Å². The molecule has 1 aromatic heterocycles. The number of hydrogen-bond acceptors (Lipinski definition) is 3. The first-order chi connectivity index (χ1) is 10.9. The van der Waals surface area contributed by atoms with Gasteiger partial charge in [0.05, 0.1) is 11.6 Å². The Kier molecular flexibility index (Phi) is 3.96. The van der Waals surface area contributed by atoms with E-state index >= 15 is 0 Å². The lowest BCUT2D eigenvalue weighted by atomic mass is 9.94. The zero-order valence-corrected chi connectivity index (χ0v) is 13.6. The summed E-state index contributed by atoms with van der Waals surface area (Å²) in [5, 5.41) is 6.95. The average molecular weight is 316 g/mol. The molecule has 4 nitrogen and oxygen atoms in total. The zero-order chi connectivity index (χ0) is 16.6. The van der Waals surface area contributed by atoms with Gasteiger partial charge in [0.25, 0.3) is 0 Å². The molecule has 1 saturated carbocycles. The Hall–Kier alpha value is -2.17. The minimum atomic E-state index is -0.301. The molecule has 1 aliphatic carbocycles. The molecule has 0 bridgehead atoms. The normalized spacial score (nSPS) is 16.9. The van der Waals surface area contributed by atoms with Crippen LogP contribution in [0, 0.1) is 19.7 Å². The fourth-order valence-electron chi connectivity index (χ4n) is 3.17. The van der Waals surface area contributed by atoms with E-state index in [-0.39, 0.29) is 23.1 Å². The van der Waals surface area contributed by atoms with Crippen LogP contribution in [0.3, 0.4) is 0 Å². The van der Waals surface area contributed by atoms with Gasteiger partial charge in [-0.1, -0.05) is 17.3 Å². The van der Waals surface area contributed by atoms with Gasteiger partial charge in [0.15, 0.2) is 0 Å². The number of amides is 1.